The van der Waals surface area contributed by atoms with Crippen molar-refractivity contribution in [1.29, 1.82) is 0 Å². The van der Waals surface area contributed by atoms with E-state index in [9.17, 15) is 0 Å². The molecule has 0 spiro atoms. The van der Waals surface area contributed by atoms with E-state index in [4.69, 9.17) is 4.74 Å². The van der Waals surface area contributed by atoms with E-state index >= 15 is 0 Å². The van der Waals surface area contributed by atoms with Gasteiger partial charge >= 0.3 is 0 Å². The van der Waals surface area contributed by atoms with Crippen LogP contribution in [0.4, 0.5) is 5.13 Å². The molecule has 1 saturated carbocycles. The highest BCUT2D eigenvalue weighted by molar-refractivity contribution is 7.15. The number of thiazole rings is 1. The minimum atomic E-state index is 0.0769. The first-order chi connectivity index (χ1) is 7.15. The van der Waals surface area contributed by atoms with Gasteiger partial charge in [0.25, 0.3) is 0 Å². The van der Waals surface area contributed by atoms with Gasteiger partial charge in [-0.05, 0) is 33.1 Å². The topological polar surface area (TPSA) is 34.1 Å². The molecule has 0 aromatic carbocycles. The molecule has 3 nitrogen and oxygen atoms in total. The highest BCUT2D eigenvalue weighted by Gasteiger charge is 2.36. The zero-order valence-corrected chi connectivity index (χ0v) is 10.4. The van der Waals surface area contributed by atoms with Crippen LogP contribution in [0.5, 0.6) is 0 Å². The Balaban J connectivity index is 1.92. The second kappa shape index (κ2) is 4.10. The largest absolute Gasteiger partial charge is 0.376 e. The van der Waals surface area contributed by atoms with Crippen LogP contribution in [-0.2, 0) is 4.74 Å². The van der Waals surface area contributed by atoms with Crippen molar-refractivity contribution in [2.75, 3.05) is 19.0 Å². The summed E-state index contributed by atoms with van der Waals surface area (Å²) < 4.78 is 5.55. The summed E-state index contributed by atoms with van der Waals surface area (Å²) in [6, 6.07) is 0. The highest BCUT2D eigenvalue weighted by Crippen LogP contribution is 2.35. The summed E-state index contributed by atoms with van der Waals surface area (Å²) in [5, 5.41) is 4.40. The first-order valence-corrected chi connectivity index (χ1v) is 6.20. The number of aryl methyl sites for hydroxylation is 2. The summed E-state index contributed by atoms with van der Waals surface area (Å²) in [7, 11) is 1.80. The molecule has 4 heteroatoms. The molecule has 0 saturated heterocycles. The normalized spacial score (nSPS) is 18.6. The number of nitrogens with one attached hydrogen (secondary N) is 1. The van der Waals surface area contributed by atoms with Crippen LogP contribution in [0.15, 0.2) is 0 Å². The van der Waals surface area contributed by atoms with E-state index in [1.165, 1.54) is 24.1 Å². The number of rotatable bonds is 4. The molecule has 0 bridgehead atoms. The lowest BCUT2D eigenvalue weighted by Gasteiger charge is -2.40. The van der Waals surface area contributed by atoms with Gasteiger partial charge in [0.05, 0.1) is 11.3 Å². The molecule has 1 heterocycles. The Morgan fingerprint density at radius 2 is 2.20 bits per heavy atom. The molecule has 0 atom stereocenters. The van der Waals surface area contributed by atoms with Gasteiger partial charge in [0.2, 0.25) is 0 Å². The van der Waals surface area contributed by atoms with E-state index in [1.807, 2.05) is 6.92 Å². The second-order valence-corrected chi connectivity index (χ2v) is 5.46. The lowest BCUT2D eigenvalue weighted by Crippen LogP contribution is -2.45. The first kappa shape index (κ1) is 10.9. The van der Waals surface area contributed by atoms with Crippen LogP contribution in [-0.4, -0.2) is 24.2 Å². The molecule has 0 amide bonds. The van der Waals surface area contributed by atoms with Gasteiger partial charge in [-0.1, -0.05) is 0 Å². The lowest BCUT2D eigenvalue weighted by atomic mass is 9.80. The number of ether oxygens (including phenoxy) is 1. The van der Waals surface area contributed by atoms with Gasteiger partial charge in [-0.25, -0.2) is 4.98 Å². The van der Waals surface area contributed by atoms with Crippen molar-refractivity contribution in [3.05, 3.63) is 10.6 Å². The van der Waals surface area contributed by atoms with Crippen LogP contribution < -0.4 is 5.32 Å². The number of nitrogens with zero attached hydrogens (tertiary/aromatic N) is 1. The average Bonchev–Trinajstić information content (AvgIpc) is 2.45. The fraction of sp³-hybridized carbons (Fsp3) is 0.727. The van der Waals surface area contributed by atoms with E-state index in [2.05, 4.69) is 17.2 Å². The Labute approximate surface area is 94.9 Å². The van der Waals surface area contributed by atoms with Crippen LogP contribution in [0.1, 0.15) is 29.8 Å². The van der Waals surface area contributed by atoms with E-state index in [0.717, 1.165) is 17.4 Å². The van der Waals surface area contributed by atoms with Crippen LogP contribution in [0, 0.1) is 13.8 Å². The van der Waals surface area contributed by atoms with Crippen molar-refractivity contribution in [2.24, 2.45) is 0 Å². The summed E-state index contributed by atoms with van der Waals surface area (Å²) in [6.45, 7) is 5.04. The molecular weight excluding hydrogens is 208 g/mol. The van der Waals surface area contributed by atoms with Gasteiger partial charge in [0, 0.05) is 18.5 Å². The fourth-order valence-corrected chi connectivity index (χ4v) is 2.62. The maximum absolute atomic E-state index is 5.55. The van der Waals surface area contributed by atoms with Crippen molar-refractivity contribution >= 4 is 16.5 Å². The van der Waals surface area contributed by atoms with Crippen molar-refractivity contribution in [3.63, 3.8) is 0 Å². The van der Waals surface area contributed by atoms with Gasteiger partial charge in [0.1, 0.15) is 0 Å². The Kier molecular flexibility index (Phi) is 2.98. The maximum Gasteiger partial charge on any atom is 0.183 e. The number of aromatic nitrogens is 1. The third-order valence-corrected chi connectivity index (χ3v) is 4.32. The molecule has 0 aliphatic heterocycles. The smallest absolute Gasteiger partial charge is 0.183 e. The number of hydrogen-bond acceptors (Lipinski definition) is 4. The molecule has 2 rings (SSSR count). The predicted molar refractivity (Wildman–Crippen MR) is 63.7 cm³/mol. The molecule has 84 valence electrons. The third kappa shape index (κ3) is 2.16. The molecule has 1 aliphatic rings. The van der Waals surface area contributed by atoms with E-state index in [-0.39, 0.29) is 5.60 Å². The standard InChI is InChI=1S/C11H18N2OS/c1-8-9(2)15-10(13-8)12-7-11(14-3)5-4-6-11/h4-7H2,1-3H3,(H,12,13). The monoisotopic (exact) mass is 226 g/mol. The summed E-state index contributed by atoms with van der Waals surface area (Å²) >= 11 is 1.72. The zero-order valence-electron chi connectivity index (χ0n) is 9.59. The molecule has 0 unspecified atom stereocenters. The van der Waals surface area contributed by atoms with Crippen LogP contribution >= 0.6 is 11.3 Å². The second-order valence-electron chi connectivity index (χ2n) is 4.25. The number of hydrogen-bond donors (Lipinski definition) is 1. The van der Waals surface area contributed by atoms with Gasteiger partial charge in [-0.2, -0.15) is 0 Å². The highest BCUT2D eigenvalue weighted by atomic mass is 32.1. The Morgan fingerprint density at radius 3 is 2.60 bits per heavy atom. The van der Waals surface area contributed by atoms with Crippen LogP contribution in [0.3, 0.4) is 0 Å². The zero-order chi connectivity index (χ0) is 10.9. The molecule has 1 N–H and O–H groups in total. The summed E-state index contributed by atoms with van der Waals surface area (Å²) in [6.07, 6.45) is 3.62. The maximum atomic E-state index is 5.55. The third-order valence-electron chi connectivity index (χ3n) is 3.29. The molecule has 0 radical (unpaired) electrons. The van der Waals surface area contributed by atoms with Crippen molar-refractivity contribution in [2.45, 2.75) is 38.7 Å². The Morgan fingerprint density at radius 1 is 1.47 bits per heavy atom. The van der Waals surface area contributed by atoms with Crippen LogP contribution in [0.25, 0.3) is 0 Å². The predicted octanol–water partition coefficient (Wildman–Crippen LogP) is 2.74. The minimum absolute atomic E-state index is 0.0769. The van der Waals surface area contributed by atoms with Gasteiger partial charge in [0.15, 0.2) is 5.13 Å². The van der Waals surface area contributed by atoms with Crippen molar-refractivity contribution in [1.82, 2.24) is 4.98 Å². The van der Waals surface area contributed by atoms with Crippen LogP contribution in [0.2, 0.25) is 0 Å². The molecule has 1 aromatic rings. The summed E-state index contributed by atoms with van der Waals surface area (Å²) in [4.78, 5) is 5.75. The first-order valence-electron chi connectivity index (χ1n) is 5.38. The molecular formula is C11H18N2OS. The molecule has 1 aromatic heterocycles. The summed E-state index contributed by atoms with van der Waals surface area (Å²) in [5.74, 6) is 0. The Bertz CT molecular complexity index is 319. The molecule has 1 aliphatic carbocycles. The molecule has 15 heavy (non-hydrogen) atoms. The Hall–Kier alpha value is -0.610. The fourth-order valence-electron chi connectivity index (χ4n) is 1.81. The number of anilines is 1. The number of methoxy groups -OCH3 is 1. The SMILES string of the molecule is COC1(CNc2nc(C)c(C)s2)CCC1. The quantitative estimate of drug-likeness (QED) is 0.857. The van der Waals surface area contributed by atoms with E-state index < -0.39 is 0 Å². The molecule has 1 fully saturated rings. The van der Waals surface area contributed by atoms with Gasteiger partial charge < -0.3 is 10.1 Å². The van der Waals surface area contributed by atoms with E-state index in [1.54, 1.807) is 18.4 Å². The van der Waals surface area contributed by atoms with Gasteiger partial charge in [-0.3, -0.25) is 0 Å². The lowest BCUT2D eigenvalue weighted by molar-refractivity contribution is -0.0601. The minimum Gasteiger partial charge on any atom is -0.376 e. The van der Waals surface area contributed by atoms with Gasteiger partial charge in [-0.15, -0.1) is 11.3 Å². The van der Waals surface area contributed by atoms with Crippen molar-refractivity contribution < 1.29 is 4.74 Å². The average molecular weight is 226 g/mol. The summed E-state index contributed by atoms with van der Waals surface area (Å²) in [5.41, 5.74) is 1.20. The van der Waals surface area contributed by atoms with Crippen molar-refractivity contribution in [3.8, 4) is 0 Å². The van der Waals surface area contributed by atoms with E-state index in [0.29, 0.717) is 0 Å².